The summed E-state index contributed by atoms with van der Waals surface area (Å²) in [4.78, 5) is 35.8. The van der Waals surface area contributed by atoms with Gasteiger partial charge in [0.2, 0.25) is 0 Å². The van der Waals surface area contributed by atoms with Gasteiger partial charge in [0, 0.05) is 0 Å². The van der Waals surface area contributed by atoms with Gasteiger partial charge in [0.25, 0.3) is 11.8 Å². The van der Waals surface area contributed by atoms with E-state index in [-0.39, 0.29) is 38.8 Å². The van der Waals surface area contributed by atoms with E-state index >= 15 is 0 Å². The van der Waals surface area contributed by atoms with Gasteiger partial charge in [0.15, 0.2) is 16.6 Å². The lowest BCUT2D eigenvalue weighted by atomic mass is 10.3. The maximum absolute atomic E-state index is 12.7. The topological polar surface area (TPSA) is 117 Å². The lowest BCUT2D eigenvalue weighted by Crippen LogP contribution is -2.25. The molecule has 0 unspecified atom stereocenters. The minimum absolute atomic E-state index is 0.0124. The minimum atomic E-state index is -4.61. The molecule has 0 aliphatic rings. The summed E-state index contributed by atoms with van der Waals surface area (Å²) in [7, 11) is 0. The number of hydrogen-bond acceptors (Lipinski definition) is 7. The third-order valence-corrected chi connectivity index (χ3v) is 4.97. The average molecular weight is 492 g/mol. The molecule has 0 aliphatic heterocycles. The summed E-state index contributed by atoms with van der Waals surface area (Å²) in [5, 5.41) is 13.8. The molecule has 0 spiro atoms. The van der Waals surface area contributed by atoms with Crippen LogP contribution >= 0.6 is 34.5 Å². The molecule has 2 amide bonds. The number of pyridine rings is 2. The van der Waals surface area contributed by atoms with Crippen LogP contribution in [0.3, 0.4) is 0 Å². The van der Waals surface area contributed by atoms with E-state index in [1.54, 1.807) is 0 Å². The number of hydrogen-bond donors (Lipinski definition) is 3. The van der Waals surface area contributed by atoms with Crippen molar-refractivity contribution in [3.8, 4) is 5.75 Å². The second kappa shape index (κ2) is 9.04. The van der Waals surface area contributed by atoms with E-state index in [0.717, 1.165) is 23.5 Å². The second-order valence-corrected chi connectivity index (χ2v) is 7.43. The molecular weight excluding hydrogens is 482 g/mol. The SMILES string of the molecule is O=C(Nc1scnc1C(=O)NCc1cccc(C(F)(F)F)n1)c1cc(Cl)c(O)c(Cl)n1. The van der Waals surface area contributed by atoms with Crippen molar-refractivity contribution >= 4 is 51.4 Å². The van der Waals surface area contributed by atoms with Crippen LogP contribution in [0.15, 0.2) is 29.8 Å². The molecule has 0 radical (unpaired) electrons. The van der Waals surface area contributed by atoms with Crippen LogP contribution in [0.4, 0.5) is 18.2 Å². The fraction of sp³-hybridized carbons (Fsp3) is 0.118. The summed E-state index contributed by atoms with van der Waals surface area (Å²) in [5.41, 5.74) is -0.194. The Morgan fingerprint density at radius 1 is 1.16 bits per heavy atom. The van der Waals surface area contributed by atoms with Crippen molar-refractivity contribution in [2.75, 3.05) is 5.32 Å². The molecule has 0 aromatic carbocycles. The standard InChI is InChI=1S/C17H10Cl2F3N5O3S/c18-8-4-9(26-13(19)12(8)28)14(29)27-16-11(24-6-31-16)15(30)23-5-7-2-1-3-10(25-7)17(20,21)22/h1-4,6,28H,5H2,(H,23,30)(H,27,29). The maximum Gasteiger partial charge on any atom is 0.433 e. The smallest absolute Gasteiger partial charge is 0.433 e. The number of aromatic nitrogens is 3. The van der Waals surface area contributed by atoms with Crippen molar-refractivity contribution in [3.63, 3.8) is 0 Å². The summed E-state index contributed by atoms with van der Waals surface area (Å²) < 4.78 is 38.2. The number of halogens is 5. The molecule has 0 saturated heterocycles. The van der Waals surface area contributed by atoms with Gasteiger partial charge in [-0.25, -0.2) is 15.0 Å². The Bertz CT molecular complexity index is 1130. The molecule has 0 bridgehead atoms. The van der Waals surface area contributed by atoms with Gasteiger partial charge in [-0.3, -0.25) is 9.59 Å². The average Bonchev–Trinajstić information content (AvgIpc) is 3.17. The first-order chi connectivity index (χ1) is 14.6. The highest BCUT2D eigenvalue weighted by atomic mass is 35.5. The van der Waals surface area contributed by atoms with Gasteiger partial charge in [-0.05, 0) is 18.2 Å². The van der Waals surface area contributed by atoms with Crippen LogP contribution in [-0.4, -0.2) is 31.9 Å². The largest absolute Gasteiger partial charge is 0.504 e. The highest BCUT2D eigenvalue weighted by molar-refractivity contribution is 7.14. The molecule has 3 heterocycles. The molecular formula is C17H10Cl2F3N5O3S. The van der Waals surface area contributed by atoms with Gasteiger partial charge in [0.1, 0.15) is 16.4 Å². The first-order valence-electron chi connectivity index (χ1n) is 8.17. The van der Waals surface area contributed by atoms with Gasteiger partial charge >= 0.3 is 6.18 Å². The summed E-state index contributed by atoms with van der Waals surface area (Å²) in [6.07, 6.45) is -4.61. The van der Waals surface area contributed by atoms with Crippen molar-refractivity contribution in [2.24, 2.45) is 0 Å². The Morgan fingerprint density at radius 3 is 2.58 bits per heavy atom. The third kappa shape index (κ3) is 5.40. The Labute approximate surface area is 186 Å². The van der Waals surface area contributed by atoms with E-state index in [4.69, 9.17) is 23.2 Å². The zero-order chi connectivity index (χ0) is 22.8. The molecule has 0 saturated carbocycles. The van der Waals surface area contributed by atoms with Crippen molar-refractivity contribution in [1.82, 2.24) is 20.3 Å². The summed E-state index contributed by atoms with van der Waals surface area (Å²) in [6, 6.07) is 4.39. The molecule has 0 atom stereocenters. The first kappa shape index (κ1) is 22.7. The van der Waals surface area contributed by atoms with Crippen LogP contribution in [0.2, 0.25) is 10.2 Å². The van der Waals surface area contributed by atoms with Crippen molar-refractivity contribution in [3.05, 3.63) is 62.7 Å². The summed E-state index contributed by atoms with van der Waals surface area (Å²) >= 11 is 12.4. The number of amides is 2. The molecule has 0 fully saturated rings. The van der Waals surface area contributed by atoms with Crippen LogP contribution in [0.1, 0.15) is 32.4 Å². The number of carbonyl (C=O) groups is 2. The fourth-order valence-electron chi connectivity index (χ4n) is 2.25. The van der Waals surface area contributed by atoms with Crippen LogP contribution < -0.4 is 10.6 Å². The molecule has 3 rings (SSSR count). The number of alkyl halides is 3. The van der Waals surface area contributed by atoms with Crippen LogP contribution in [0.25, 0.3) is 0 Å². The Hall–Kier alpha value is -2.96. The van der Waals surface area contributed by atoms with E-state index in [9.17, 15) is 27.9 Å². The van der Waals surface area contributed by atoms with Gasteiger partial charge in [-0.15, -0.1) is 11.3 Å². The van der Waals surface area contributed by atoms with Gasteiger partial charge in [-0.2, -0.15) is 13.2 Å². The van der Waals surface area contributed by atoms with Crippen LogP contribution in [-0.2, 0) is 12.7 Å². The number of nitrogens with zero attached hydrogens (tertiary/aromatic N) is 3. The zero-order valence-corrected chi connectivity index (χ0v) is 17.3. The third-order valence-electron chi connectivity index (χ3n) is 3.67. The molecule has 3 aromatic rings. The predicted molar refractivity (Wildman–Crippen MR) is 106 cm³/mol. The second-order valence-electron chi connectivity index (χ2n) is 5.81. The summed E-state index contributed by atoms with van der Waals surface area (Å²) in [5.74, 6) is -2.01. The lowest BCUT2D eigenvalue weighted by Gasteiger charge is -2.09. The number of aromatic hydroxyl groups is 1. The zero-order valence-electron chi connectivity index (χ0n) is 15.0. The van der Waals surface area contributed by atoms with Crippen molar-refractivity contribution < 1.29 is 27.9 Å². The van der Waals surface area contributed by atoms with Gasteiger partial charge < -0.3 is 15.7 Å². The number of rotatable bonds is 5. The molecule has 14 heteroatoms. The van der Waals surface area contributed by atoms with E-state index in [0.29, 0.717) is 0 Å². The van der Waals surface area contributed by atoms with E-state index in [1.165, 1.54) is 17.6 Å². The minimum Gasteiger partial charge on any atom is -0.504 e. The van der Waals surface area contributed by atoms with E-state index in [1.807, 2.05) is 0 Å². The Morgan fingerprint density at radius 2 is 1.90 bits per heavy atom. The Balaban J connectivity index is 1.70. The normalized spacial score (nSPS) is 11.3. The van der Waals surface area contributed by atoms with Crippen LogP contribution in [0, 0.1) is 0 Å². The quantitative estimate of drug-likeness (QED) is 0.461. The van der Waals surface area contributed by atoms with Crippen LogP contribution in [0.5, 0.6) is 5.75 Å². The maximum atomic E-state index is 12.7. The summed E-state index contributed by atoms with van der Waals surface area (Å²) in [6.45, 7) is -0.293. The molecule has 162 valence electrons. The lowest BCUT2D eigenvalue weighted by molar-refractivity contribution is -0.141. The fourth-order valence-corrected chi connectivity index (χ4v) is 3.35. The monoisotopic (exact) mass is 491 g/mol. The van der Waals surface area contributed by atoms with E-state index in [2.05, 4.69) is 25.6 Å². The first-order valence-corrected chi connectivity index (χ1v) is 9.81. The van der Waals surface area contributed by atoms with Gasteiger partial charge in [0.05, 0.1) is 22.8 Å². The number of carbonyl (C=O) groups excluding carboxylic acids is 2. The van der Waals surface area contributed by atoms with E-state index < -0.39 is 29.4 Å². The van der Waals surface area contributed by atoms with Crippen molar-refractivity contribution in [1.29, 1.82) is 0 Å². The number of nitrogens with one attached hydrogen (secondary N) is 2. The molecule has 8 nitrogen and oxygen atoms in total. The molecule has 3 N–H and O–H groups in total. The molecule has 3 aromatic heterocycles. The highest BCUT2D eigenvalue weighted by Crippen LogP contribution is 2.31. The predicted octanol–water partition coefficient (Wildman–Crippen LogP) is 4.15. The molecule has 0 aliphatic carbocycles. The molecule has 31 heavy (non-hydrogen) atoms. The highest BCUT2D eigenvalue weighted by Gasteiger charge is 2.32. The number of anilines is 1. The van der Waals surface area contributed by atoms with Gasteiger partial charge in [-0.1, -0.05) is 29.3 Å². The Kier molecular flexibility index (Phi) is 6.62. The number of thiazole rings is 1. The van der Waals surface area contributed by atoms with Crippen molar-refractivity contribution in [2.45, 2.75) is 12.7 Å².